The van der Waals surface area contributed by atoms with E-state index in [0.29, 0.717) is 23.1 Å². The fourth-order valence-electron chi connectivity index (χ4n) is 3.54. The number of carbonyl (C=O) groups is 1. The van der Waals surface area contributed by atoms with Gasteiger partial charge in [-0.1, -0.05) is 0 Å². The highest BCUT2D eigenvalue weighted by Crippen LogP contribution is 2.36. The molecular weight excluding hydrogens is 348 g/mol. The molecule has 8 nitrogen and oxygen atoms in total. The summed E-state index contributed by atoms with van der Waals surface area (Å²) >= 11 is 0. The molecule has 1 unspecified atom stereocenters. The molecule has 8 heteroatoms. The highest BCUT2D eigenvalue weighted by atomic mass is 16.5. The molecule has 0 spiro atoms. The zero-order valence-electron chi connectivity index (χ0n) is 15.6. The third-order valence-electron chi connectivity index (χ3n) is 4.92. The van der Waals surface area contributed by atoms with Gasteiger partial charge in [-0.15, -0.1) is 5.10 Å². The Labute approximate surface area is 157 Å². The van der Waals surface area contributed by atoms with Crippen molar-refractivity contribution in [1.82, 2.24) is 15.2 Å². The lowest BCUT2D eigenvalue weighted by atomic mass is 9.96. The Balaban J connectivity index is 1.68. The molecule has 4 rings (SSSR count). The van der Waals surface area contributed by atoms with Gasteiger partial charge >= 0.3 is 0 Å². The van der Waals surface area contributed by atoms with Crippen LogP contribution in [0.15, 0.2) is 23.3 Å². The van der Waals surface area contributed by atoms with Crippen molar-refractivity contribution in [3.8, 4) is 11.5 Å². The van der Waals surface area contributed by atoms with Gasteiger partial charge in [0.15, 0.2) is 17.2 Å². The molecule has 0 saturated carbocycles. The topological polar surface area (TPSA) is 89.0 Å². The van der Waals surface area contributed by atoms with Crippen LogP contribution in [0.3, 0.4) is 0 Å². The Bertz CT molecular complexity index is 905. The minimum atomic E-state index is -0.673. The predicted octanol–water partition coefficient (Wildman–Crippen LogP) is 2.54. The van der Waals surface area contributed by atoms with E-state index in [0.717, 1.165) is 42.5 Å². The highest BCUT2D eigenvalue weighted by molar-refractivity contribution is 5.96. The zero-order chi connectivity index (χ0) is 19.0. The summed E-state index contributed by atoms with van der Waals surface area (Å²) < 4.78 is 16.7. The molecule has 1 aliphatic heterocycles. The highest BCUT2D eigenvalue weighted by Gasteiger charge is 2.36. The molecule has 1 N–H and O–H groups in total. The van der Waals surface area contributed by atoms with E-state index in [-0.39, 0.29) is 5.91 Å². The number of H-pyrrole nitrogens is 1. The number of amides is 1. The van der Waals surface area contributed by atoms with Gasteiger partial charge in [-0.05, 0) is 43.9 Å². The number of nitrogens with zero attached hydrogens (tertiary/aromatic N) is 3. The molecule has 0 radical (unpaired) electrons. The average molecular weight is 370 g/mol. The number of nitrogens with one attached hydrogen (secondary N) is 1. The second kappa shape index (κ2) is 6.94. The number of hydrogen-bond donors (Lipinski definition) is 1. The molecule has 0 saturated heterocycles. The standard InChI is InChI=1S/C19H22N4O4/c1-11(24)23-19(12-8-9-15(25-2)16(10-12)26-3)27-18(22-23)17-13-6-4-5-7-14(13)20-21-17/h8-10,19H,4-7H2,1-3H3,(H,20,21). The minimum Gasteiger partial charge on any atom is -0.493 e. The van der Waals surface area contributed by atoms with E-state index in [9.17, 15) is 4.79 Å². The van der Waals surface area contributed by atoms with Crippen LogP contribution in [0.2, 0.25) is 0 Å². The molecule has 1 aromatic heterocycles. The van der Waals surface area contributed by atoms with Crippen molar-refractivity contribution in [2.24, 2.45) is 5.10 Å². The number of fused-ring (bicyclic) bond motifs is 1. The van der Waals surface area contributed by atoms with Gasteiger partial charge in [0.05, 0.1) is 14.2 Å². The fraction of sp³-hybridized carbons (Fsp3) is 0.421. The molecule has 2 heterocycles. The molecule has 27 heavy (non-hydrogen) atoms. The maximum Gasteiger partial charge on any atom is 0.262 e. The maximum atomic E-state index is 12.2. The quantitative estimate of drug-likeness (QED) is 0.893. The van der Waals surface area contributed by atoms with Crippen LogP contribution in [-0.2, 0) is 22.4 Å². The number of ether oxygens (including phenoxy) is 3. The van der Waals surface area contributed by atoms with E-state index in [1.807, 2.05) is 6.07 Å². The molecule has 1 atom stereocenters. The van der Waals surface area contributed by atoms with E-state index < -0.39 is 6.23 Å². The summed E-state index contributed by atoms with van der Waals surface area (Å²) in [6.07, 6.45) is 3.50. The van der Waals surface area contributed by atoms with Crippen LogP contribution in [0.5, 0.6) is 11.5 Å². The van der Waals surface area contributed by atoms with Crippen LogP contribution in [-0.4, -0.2) is 41.2 Å². The van der Waals surface area contributed by atoms with Gasteiger partial charge in [0.2, 0.25) is 12.1 Å². The first-order chi connectivity index (χ1) is 13.1. The number of aromatic amines is 1. The molecule has 142 valence electrons. The van der Waals surface area contributed by atoms with Crippen molar-refractivity contribution in [1.29, 1.82) is 0 Å². The van der Waals surface area contributed by atoms with Gasteiger partial charge in [-0.3, -0.25) is 9.89 Å². The lowest BCUT2D eigenvalue weighted by molar-refractivity contribution is -0.135. The Morgan fingerprint density at radius 1 is 1.22 bits per heavy atom. The maximum absolute atomic E-state index is 12.2. The molecule has 0 bridgehead atoms. The smallest absolute Gasteiger partial charge is 0.262 e. The normalized spacial score (nSPS) is 18.6. The van der Waals surface area contributed by atoms with Gasteiger partial charge in [0.1, 0.15) is 0 Å². The van der Waals surface area contributed by atoms with E-state index in [1.54, 1.807) is 26.4 Å². The van der Waals surface area contributed by atoms with Gasteiger partial charge in [-0.25, -0.2) is 0 Å². The zero-order valence-corrected chi connectivity index (χ0v) is 15.6. The van der Waals surface area contributed by atoms with Crippen molar-refractivity contribution in [3.63, 3.8) is 0 Å². The van der Waals surface area contributed by atoms with Crippen LogP contribution >= 0.6 is 0 Å². The van der Waals surface area contributed by atoms with E-state index in [1.165, 1.54) is 11.9 Å². The number of aryl methyl sites for hydroxylation is 1. The molecule has 0 fully saturated rings. The SMILES string of the molecule is COc1ccc(C2OC(c3n[nH]c4c3CCCC4)=NN2C(C)=O)cc1OC. The summed E-state index contributed by atoms with van der Waals surface area (Å²) in [6.45, 7) is 1.46. The van der Waals surface area contributed by atoms with Crippen molar-refractivity contribution in [2.45, 2.75) is 38.8 Å². The first kappa shape index (κ1) is 17.4. The Hall–Kier alpha value is -3.03. The molecular formula is C19H22N4O4. The third kappa shape index (κ3) is 3.01. The Morgan fingerprint density at radius 3 is 2.74 bits per heavy atom. The summed E-state index contributed by atoms with van der Waals surface area (Å²) in [6, 6.07) is 5.41. The number of methoxy groups -OCH3 is 2. The van der Waals surface area contributed by atoms with Crippen LogP contribution in [0.25, 0.3) is 0 Å². The largest absolute Gasteiger partial charge is 0.493 e. The predicted molar refractivity (Wildman–Crippen MR) is 97.7 cm³/mol. The van der Waals surface area contributed by atoms with Crippen molar-refractivity contribution >= 4 is 11.8 Å². The molecule has 2 aliphatic rings. The Kier molecular flexibility index (Phi) is 4.47. The van der Waals surface area contributed by atoms with Crippen LogP contribution in [0.4, 0.5) is 0 Å². The van der Waals surface area contributed by atoms with E-state index >= 15 is 0 Å². The number of carbonyl (C=O) groups excluding carboxylic acids is 1. The number of hydrogen-bond acceptors (Lipinski definition) is 6. The van der Waals surface area contributed by atoms with Crippen LogP contribution in [0, 0.1) is 0 Å². The second-order valence-electron chi connectivity index (χ2n) is 6.59. The van der Waals surface area contributed by atoms with Gasteiger partial charge in [0, 0.05) is 23.7 Å². The molecule has 1 amide bonds. The summed E-state index contributed by atoms with van der Waals surface area (Å²) in [4.78, 5) is 12.2. The fourth-order valence-corrected chi connectivity index (χ4v) is 3.54. The summed E-state index contributed by atoms with van der Waals surface area (Å²) in [5.74, 6) is 1.32. The number of rotatable bonds is 4. The van der Waals surface area contributed by atoms with Crippen molar-refractivity contribution in [3.05, 3.63) is 40.7 Å². The number of aromatic nitrogens is 2. The lowest BCUT2D eigenvalue weighted by Crippen LogP contribution is -2.25. The number of benzene rings is 1. The Morgan fingerprint density at radius 2 is 2.00 bits per heavy atom. The van der Waals surface area contributed by atoms with Crippen molar-refractivity contribution < 1.29 is 19.0 Å². The first-order valence-corrected chi connectivity index (χ1v) is 8.96. The van der Waals surface area contributed by atoms with Crippen LogP contribution in [0.1, 0.15) is 48.5 Å². The third-order valence-corrected chi connectivity index (χ3v) is 4.92. The summed E-state index contributed by atoms with van der Waals surface area (Å²) in [5.41, 5.74) is 3.70. The minimum absolute atomic E-state index is 0.214. The van der Waals surface area contributed by atoms with Gasteiger partial charge in [0.25, 0.3) is 5.90 Å². The van der Waals surface area contributed by atoms with Gasteiger partial charge < -0.3 is 14.2 Å². The monoisotopic (exact) mass is 370 g/mol. The molecule has 1 aliphatic carbocycles. The van der Waals surface area contributed by atoms with Gasteiger partial charge in [-0.2, -0.15) is 10.1 Å². The number of hydrazone groups is 1. The van der Waals surface area contributed by atoms with E-state index in [4.69, 9.17) is 14.2 Å². The van der Waals surface area contributed by atoms with E-state index in [2.05, 4.69) is 15.3 Å². The molecule has 2 aromatic rings. The molecule has 1 aromatic carbocycles. The summed E-state index contributed by atoms with van der Waals surface area (Å²) in [7, 11) is 3.14. The first-order valence-electron chi connectivity index (χ1n) is 8.96. The summed E-state index contributed by atoms with van der Waals surface area (Å²) in [5, 5.41) is 13.2. The van der Waals surface area contributed by atoms with Crippen molar-refractivity contribution in [2.75, 3.05) is 14.2 Å². The van der Waals surface area contributed by atoms with Crippen LogP contribution < -0.4 is 9.47 Å². The lowest BCUT2D eigenvalue weighted by Gasteiger charge is -2.20. The second-order valence-corrected chi connectivity index (χ2v) is 6.59. The average Bonchev–Trinajstić information content (AvgIpc) is 3.31.